The van der Waals surface area contributed by atoms with Crippen molar-refractivity contribution in [1.29, 1.82) is 0 Å². The number of nitrogens with zero attached hydrogens (tertiary/aromatic N) is 3. The molecule has 1 aromatic heterocycles. The Labute approximate surface area is 260 Å². The number of halogens is 1. The van der Waals surface area contributed by atoms with E-state index in [1.807, 2.05) is 36.4 Å². The average molecular weight is 618 g/mol. The minimum atomic E-state index is -1.06. The van der Waals surface area contributed by atoms with Crippen molar-refractivity contribution in [2.75, 3.05) is 55.5 Å². The van der Waals surface area contributed by atoms with E-state index >= 15 is 0 Å². The van der Waals surface area contributed by atoms with Crippen molar-refractivity contribution in [3.8, 4) is 0 Å². The zero-order valence-corrected chi connectivity index (χ0v) is 24.6. The molecule has 0 spiro atoms. The number of aliphatic carboxylic acids is 1. The normalized spacial score (nSPS) is 11.4. The predicted octanol–water partition coefficient (Wildman–Crippen LogP) is 3.61. The van der Waals surface area contributed by atoms with E-state index in [-0.39, 0.29) is 42.5 Å². The minimum absolute atomic E-state index is 0.0613. The molecule has 0 radical (unpaired) electrons. The summed E-state index contributed by atoms with van der Waals surface area (Å²) in [7, 11) is 0. The van der Waals surface area contributed by atoms with E-state index < -0.39 is 12.0 Å². The van der Waals surface area contributed by atoms with Crippen molar-refractivity contribution in [3.05, 3.63) is 107 Å². The summed E-state index contributed by atoms with van der Waals surface area (Å²) in [6.45, 7) is 2.35. The Morgan fingerprint density at radius 2 is 1.36 bits per heavy atom. The van der Waals surface area contributed by atoms with E-state index in [2.05, 4.69) is 36.2 Å². The molecule has 4 rings (SSSR count). The molecule has 0 aliphatic rings. The lowest BCUT2D eigenvalue weighted by Gasteiger charge is -2.16. The standard InChI is InChI=1S/C32H36FN7O5/c33-26-13-7-10-24(20-26)22-36-31-38-30(39-32(40-31)37-27(29(42)43)21-23-8-3-1-4-9-23)35-15-17-45-19-18-44-16-14-34-28(41)25-11-5-2-6-12-25/h1-13,20,27H,14-19,21-22H2,(H,34,41)(H,42,43)(H3,35,36,37,38,39,40)/t27-/m0/s1. The highest BCUT2D eigenvalue weighted by Crippen LogP contribution is 2.14. The Balaban J connectivity index is 1.25. The number of carbonyl (C=O) groups excluding carboxylic acids is 1. The second-order valence-corrected chi connectivity index (χ2v) is 9.79. The van der Waals surface area contributed by atoms with E-state index in [4.69, 9.17) is 9.47 Å². The van der Waals surface area contributed by atoms with Crippen LogP contribution < -0.4 is 21.3 Å². The molecule has 0 unspecified atom stereocenters. The third-order valence-electron chi connectivity index (χ3n) is 6.33. The number of carbonyl (C=O) groups is 2. The van der Waals surface area contributed by atoms with Gasteiger partial charge in [-0.2, -0.15) is 15.0 Å². The number of amides is 1. The minimum Gasteiger partial charge on any atom is -0.480 e. The Bertz CT molecular complexity index is 1500. The molecule has 3 aromatic carbocycles. The van der Waals surface area contributed by atoms with Crippen LogP contribution in [0.5, 0.6) is 0 Å². The molecule has 0 fully saturated rings. The number of hydrogen-bond acceptors (Lipinski definition) is 10. The number of aromatic nitrogens is 3. The monoisotopic (exact) mass is 617 g/mol. The summed E-state index contributed by atoms with van der Waals surface area (Å²) >= 11 is 0. The Kier molecular flexibility index (Phi) is 13.0. The van der Waals surface area contributed by atoms with Crippen LogP contribution in [-0.2, 0) is 27.2 Å². The van der Waals surface area contributed by atoms with Crippen molar-refractivity contribution in [1.82, 2.24) is 20.3 Å². The fourth-order valence-electron chi connectivity index (χ4n) is 4.12. The van der Waals surface area contributed by atoms with Crippen molar-refractivity contribution in [2.45, 2.75) is 19.0 Å². The van der Waals surface area contributed by atoms with Crippen molar-refractivity contribution in [3.63, 3.8) is 0 Å². The van der Waals surface area contributed by atoms with E-state index in [0.29, 0.717) is 50.6 Å². The summed E-state index contributed by atoms with van der Waals surface area (Å²) in [6, 6.07) is 23.3. The van der Waals surface area contributed by atoms with Crippen LogP contribution in [0, 0.1) is 5.82 Å². The largest absolute Gasteiger partial charge is 0.480 e. The maximum absolute atomic E-state index is 13.6. The first-order chi connectivity index (χ1) is 22.0. The summed E-state index contributed by atoms with van der Waals surface area (Å²) in [5, 5.41) is 21.6. The molecule has 0 aliphatic heterocycles. The first-order valence-electron chi connectivity index (χ1n) is 14.5. The fourth-order valence-corrected chi connectivity index (χ4v) is 4.12. The maximum atomic E-state index is 13.6. The van der Waals surface area contributed by atoms with Gasteiger partial charge in [0, 0.05) is 31.6 Å². The first kappa shape index (κ1) is 32.8. The van der Waals surface area contributed by atoms with Gasteiger partial charge in [0.05, 0.1) is 26.4 Å². The molecule has 4 aromatic rings. The lowest BCUT2D eigenvalue weighted by Crippen LogP contribution is -2.32. The van der Waals surface area contributed by atoms with Gasteiger partial charge in [0.1, 0.15) is 11.9 Å². The number of carboxylic acid groups (broad SMARTS) is 1. The molecule has 0 saturated heterocycles. The number of rotatable bonds is 19. The van der Waals surface area contributed by atoms with Gasteiger partial charge >= 0.3 is 5.97 Å². The predicted molar refractivity (Wildman–Crippen MR) is 168 cm³/mol. The number of benzene rings is 3. The van der Waals surface area contributed by atoms with Crippen LogP contribution in [0.3, 0.4) is 0 Å². The van der Waals surface area contributed by atoms with Crippen LogP contribution in [-0.4, -0.2) is 77.5 Å². The van der Waals surface area contributed by atoms with E-state index in [9.17, 15) is 19.1 Å². The smallest absolute Gasteiger partial charge is 0.326 e. The lowest BCUT2D eigenvalue weighted by atomic mass is 10.1. The molecule has 0 bridgehead atoms. The topological polar surface area (TPSA) is 160 Å². The van der Waals surface area contributed by atoms with Gasteiger partial charge in [-0.1, -0.05) is 60.7 Å². The summed E-state index contributed by atoms with van der Waals surface area (Å²) in [4.78, 5) is 37.1. The molecule has 0 saturated carbocycles. The first-order valence-corrected chi connectivity index (χ1v) is 14.5. The summed E-state index contributed by atoms with van der Waals surface area (Å²) < 4.78 is 24.7. The van der Waals surface area contributed by atoms with Crippen LogP contribution in [0.2, 0.25) is 0 Å². The molecule has 1 heterocycles. The van der Waals surface area contributed by atoms with Crippen LogP contribution in [0.1, 0.15) is 21.5 Å². The van der Waals surface area contributed by atoms with E-state index in [1.165, 1.54) is 12.1 Å². The molecule has 45 heavy (non-hydrogen) atoms. The molecule has 236 valence electrons. The highest BCUT2D eigenvalue weighted by Gasteiger charge is 2.20. The zero-order chi connectivity index (χ0) is 31.7. The van der Waals surface area contributed by atoms with Gasteiger partial charge in [-0.3, -0.25) is 4.79 Å². The summed E-state index contributed by atoms with van der Waals surface area (Å²) in [6.07, 6.45) is 0.214. The molecule has 1 atom stereocenters. The van der Waals surface area contributed by atoms with Gasteiger partial charge in [-0.05, 0) is 35.4 Å². The van der Waals surface area contributed by atoms with Crippen molar-refractivity contribution in [2.24, 2.45) is 0 Å². The fraction of sp³-hybridized carbons (Fsp3) is 0.281. The average Bonchev–Trinajstić information content (AvgIpc) is 3.05. The molecular formula is C32H36FN7O5. The SMILES string of the molecule is O=C(NCCOCCOCCNc1nc(NCc2cccc(F)c2)nc(N[C@@H](Cc2ccccc2)C(=O)O)n1)c1ccccc1. The molecule has 1 amide bonds. The lowest BCUT2D eigenvalue weighted by molar-refractivity contribution is -0.137. The van der Waals surface area contributed by atoms with Gasteiger partial charge < -0.3 is 35.8 Å². The quantitative estimate of drug-likeness (QED) is 0.0979. The van der Waals surface area contributed by atoms with Gasteiger partial charge in [0.2, 0.25) is 17.8 Å². The van der Waals surface area contributed by atoms with Crippen LogP contribution in [0.4, 0.5) is 22.2 Å². The molecule has 12 nitrogen and oxygen atoms in total. The number of hydrogen-bond donors (Lipinski definition) is 5. The summed E-state index contributed by atoms with van der Waals surface area (Å²) in [5.41, 5.74) is 2.12. The highest BCUT2D eigenvalue weighted by molar-refractivity contribution is 5.94. The third kappa shape index (κ3) is 11.8. The number of anilines is 3. The van der Waals surface area contributed by atoms with Crippen molar-refractivity contribution < 1.29 is 28.6 Å². The molecule has 13 heteroatoms. The Morgan fingerprint density at radius 3 is 2.04 bits per heavy atom. The van der Waals surface area contributed by atoms with E-state index in [0.717, 1.165) is 5.56 Å². The molecule has 5 N–H and O–H groups in total. The number of nitrogens with one attached hydrogen (secondary N) is 4. The molecular weight excluding hydrogens is 581 g/mol. The van der Waals surface area contributed by atoms with Gasteiger partial charge in [-0.15, -0.1) is 0 Å². The number of carboxylic acids is 1. The van der Waals surface area contributed by atoms with Gasteiger partial charge in [0.25, 0.3) is 5.91 Å². The number of ether oxygens (including phenoxy) is 2. The van der Waals surface area contributed by atoms with Crippen molar-refractivity contribution >= 4 is 29.7 Å². The second-order valence-electron chi connectivity index (χ2n) is 9.79. The van der Waals surface area contributed by atoms with Crippen LogP contribution in [0.25, 0.3) is 0 Å². The Morgan fingerprint density at radius 1 is 0.733 bits per heavy atom. The van der Waals surface area contributed by atoms with Crippen LogP contribution in [0.15, 0.2) is 84.9 Å². The second kappa shape index (κ2) is 17.9. The van der Waals surface area contributed by atoms with E-state index in [1.54, 1.807) is 36.4 Å². The summed E-state index contributed by atoms with van der Waals surface area (Å²) in [5.74, 6) is -1.13. The van der Waals surface area contributed by atoms with Crippen LogP contribution >= 0.6 is 0 Å². The highest BCUT2D eigenvalue weighted by atomic mass is 19.1. The van der Waals surface area contributed by atoms with Gasteiger partial charge in [-0.25, -0.2) is 9.18 Å². The van der Waals surface area contributed by atoms with Gasteiger partial charge in [0.15, 0.2) is 0 Å². The zero-order valence-electron chi connectivity index (χ0n) is 24.6. The third-order valence-corrected chi connectivity index (χ3v) is 6.33. The maximum Gasteiger partial charge on any atom is 0.326 e. The molecule has 0 aliphatic carbocycles. The Hall–Kier alpha value is -5.14.